The number of para-hydroxylation sites is 1. The van der Waals surface area contributed by atoms with E-state index in [1.807, 2.05) is 37.3 Å². The Hall–Kier alpha value is -3.94. The van der Waals surface area contributed by atoms with Crippen molar-refractivity contribution >= 4 is 23.5 Å². The van der Waals surface area contributed by atoms with E-state index in [2.05, 4.69) is 21.0 Å². The van der Waals surface area contributed by atoms with Crippen LogP contribution >= 0.6 is 0 Å². The number of carbonyl (C=O) groups is 3. The van der Waals surface area contributed by atoms with E-state index in [0.717, 1.165) is 11.4 Å². The number of aryl methyl sites for hydroxylation is 1. The van der Waals surface area contributed by atoms with Gasteiger partial charge in [-0.1, -0.05) is 30.3 Å². The Morgan fingerprint density at radius 1 is 1.07 bits per heavy atom. The van der Waals surface area contributed by atoms with Crippen LogP contribution < -0.4 is 16.0 Å². The Bertz CT molecular complexity index is 1120. The minimum atomic E-state index is -1.19. The Labute approximate surface area is 166 Å². The maximum absolute atomic E-state index is 12.7. The van der Waals surface area contributed by atoms with Crippen LogP contribution in [0, 0.1) is 6.92 Å². The first-order valence-corrected chi connectivity index (χ1v) is 9.04. The van der Waals surface area contributed by atoms with Crippen LogP contribution in [0.15, 0.2) is 60.7 Å². The van der Waals surface area contributed by atoms with Gasteiger partial charge in [-0.15, -0.1) is 0 Å². The second kappa shape index (κ2) is 6.90. The average Bonchev–Trinajstić information content (AvgIpc) is 3.22. The molecule has 4 amide bonds. The lowest BCUT2D eigenvalue weighted by atomic mass is 9.92. The van der Waals surface area contributed by atoms with Crippen molar-refractivity contribution in [2.24, 2.45) is 0 Å². The molecule has 1 aromatic heterocycles. The minimum Gasteiger partial charge on any atom is -0.321 e. The van der Waals surface area contributed by atoms with Crippen LogP contribution in [-0.2, 0) is 10.3 Å². The summed E-state index contributed by atoms with van der Waals surface area (Å²) in [5.41, 5.74) is 1.83. The Balaban J connectivity index is 1.57. The Kier molecular flexibility index (Phi) is 4.38. The highest BCUT2D eigenvalue weighted by Gasteiger charge is 2.43. The highest BCUT2D eigenvalue weighted by atomic mass is 16.2. The molecule has 1 aliphatic heterocycles. The first-order valence-electron chi connectivity index (χ1n) is 9.04. The molecule has 1 saturated heterocycles. The lowest BCUT2D eigenvalue weighted by Gasteiger charge is -2.21. The van der Waals surface area contributed by atoms with E-state index in [1.165, 1.54) is 0 Å². The van der Waals surface area contributed by atoms with Crippen LogP contribution in [0.5, 0.6) is 0 Å². The van der Waals surface area contributed by atoms with E-state index in [4.69, 9.17) is 0 Å². The van der Waals surface area contributed by atoms with Gasteiger partial charge < -0.3 is 10.6 Å². The van der Waals surface area contributed by atoms with Gasteiger partial charge in [0.15, 0.2) is 5.69 Å². The van der Waals surface area contributed by atoms with Gasteiger partial charge in [0.1, 0.15) is 5.54 Å². The number of imide groups is 1. The van der Waals surface area contributed by atoms with Crippen molar-refractivity contribution in [1.82, 2.24) is 20.4 Å². The summed E-state index contributed by atoms with van der Waals surface area (Å²) in [5, 5.41) is 12.0. The second-order valence-electron chi connectivity index (χ2n) is 6.99. The number of rotatable bonds is 4. The number of benzene rings is 2. The van der Waals surface area contributed by atoms with Crippen LogP contribution in [0.2, 0.25) is 0 Å². The summed E-state index contributed by atoms with van der Waals surface area (Å²) in [6.45, 7) is 3.48. The Morgan fingerprint density at radius 2 is 1.83 bits per heavy atom. The van der Waals surface area contributed by atoms with E-state index in [1.54, 1.807) is 41.9 Å². The molecular weight excluding hydrogens is 370 g/mol. The van der Waals surface area contributed by atoms with Crippen molar-refractivity contribution in [3.05, 3.63) is 77.6 Å². The number of nitrogens with zero attached hydrogens (tertiary/aromatic N) is 2. The molecule has 3 N–H and O–H groups in total. The standard InChI is InChI=1S/C21H19N5O3/c1-13-11-17(25-26(13)16-9-4-3-5-10-16)18(27)22-15-8-6-7-14(12-15)21(2)19(28)23-20(29)24-21/h3-12H,1-2H3,(H,22,27)(H2,23,24,28,29). The van der Waals surface area contributed by atoms with Crippen molar-refractivity contribution in [1.29, 1.82) is 0 Å². The zero-order valence-corrected chi connectivity index (χ0v) is 15.9. The number of urea groups is 1. The SMILES string of the molecule is Cc1cc(C(=O)Nc2cccc(C3(C)NC(=O)NC3=O)c2)nn1-c1ccccc1. The fourth-order valence-corrected chi connectivity index (χ4v) is 3.27. The van der Waals surface area contributed by atoms with Crippen LogP contribution in [0.3, 0.4) is 0 Å². The third-order valence-electron chi connectivity index (χ3n) is 4.86. The van der Waals surface area contributed by atoms with Gasteiger partial charge in [-0.3, -0.25) is 14.9 Å². The van der Waals surface area contributed by atoms with Crippen molar-refractivity contribution in [2.75, 3.05) is 5.32 Å². The molecule has 4 rings (SSSR count). The summed E-state index contributed by atoms with van der Waals surface area (Å²) in [6.07, 6.45) is 0. The van der Waals surface area contributed by atoms with Gasteiger partial charge >= 0.3 is 6.03 Å². The molecule has 0 radical (unpaired) electrons. The van der Waals surface area contributed by atoms with E-state index in [0.29, 0.717) is 11.3 Å². The summed E-state index contributed by atoms with van der Waals surface area (Å²) < 4.78 is 1.70. The first-order chi connectivity index (χ1) is 13.9. The molecule has 0 bridgehead atoms. The fourth-order valence-electron chi connectivity index (χ4n) is 3.27. The molecule has 29 heavy (non-hydrogen) atoms. The molecule has 0 saturated carbocycles. The fraction of sp³-hybridized carbons (Fsp3) is 0.143. The topological polar surface area (TPSA) is 105 Å². The van der Waals surface area contributed by atoms with Gasteiger partial charge in [0.25, 0.3) is 11.8 Å². The van der Waals surface area contributed by atoms with Crippen molar-refractivity contribution in [3.8, 4) is 5.69 Å². The molecule has 0 spiro atoms. The molecule has 1 atom stereocenters. The number of nitrogens with one attached hydrogen (secondary N) is 3. The normalized spacial score (nSPS) is 18.3. The van der Waals surface area contributed by atoms with Crippen molar-refractivity contribution < 1.29 is 14.4 Å². The first kappa shape index (κ1) is 18.4. The van der Waals surface area contributed by atoms with E-state index in [-0.39, 0.29) is 11.6 Å². The van der Waals surface area contributed by atoms with E-state index in [9.17, 15) is 14.4 Å². The summed E-state index contributed by atoms with van der Waals surface area (Å²) in [5.74, 6) is -0.812. The number of hydrogen-bond acceptors (Lipinski definition) is 4. The number of hydrogen-bond donors (Lipinski definition) is 3. The molecule has 146 valence electrons. The molecule has 3 aromatic rings. The monoisotopic (exact) mass is 389 g/mol. The third kappa shape index (κ3) is 3.36. The van der Waals surface area contributed by atoms with Crippen LogP contribution in [0.25, 0.3) is 5.69 Å². The number of carbonyl (C=O) groups excluding carboxylic acids is 3. The number of amides is 4. The van der Waals surface area contributed by atoms with Crippen molar-refractivity contribution in [2.45, 2.75) is 19.4 Å². The maximum atomic E-state index is 12.7. The second-order valence-corrected chi connectivity index (χ2v) is 6.99. The van der Waals surface area contributed by atoms with Gasteiger partial charge in [0.2, 0.25) is 0 Å². The van der Waals surface area contributed by atoms with Crippen LogP contribution in [0.4, 0.5) is 10.5 Å². The van der Waals surface area contributed by atoms with Crippen molar-refractivity contribution in [3.63, 3.8) is 0 Å². The summed E-state index contributed by atoms with van der Waals surface area (Å²) in [6, 6.07) is 17.5. The van der Waals surface area contributed by atoms with E-state index < -0.39 is 17.5 Å². The summed E-state index contributed by atoms with van der Waals surface area (Å²) in [7, 11) is 0. The average molecular weight is 389 g/mol. The maximum Gasteiger partial charge on any atom is 0.322 e. The van der Waals surface area contributed by atoms with Crippen LogP contribution in [0.1, 0.15) is 28.7 Å². The lowest BCUT2D eigenvalue weighted by molar-refractivity contribution is -0.123. The number of anilines is 1. The quantitative estimate of drug-likeness (QED) is 0.596. The van der Waals surface area contributed by atoms with Crippen LogP contribution in [-0.4, -0.2) is 27.6 Å². The van der Waals surface area contributed by atoms with Gasteiger partial charge in [0.05, 0.1) is 5.69 Å². The highest BCUT2D eigenvalue weighted by molar-refractivity contribution is 6.07. The molecule has 2 heterocycles. The predicted octanol–water partition coefficient (Wildman–Crippen LogP) is 2.49. The van der Waals surface area contributed by atoms with Gasteiger partial charge in [-0.05, 0) is 49.7 Å². The third-order valence-corrected chi connectivity index (χ3v) is 4.86. The zero-order valence-electron chi connectivity index (χ0n) is 15.9. The van der Waals surface area contributed by atoms with Gasteiger partial charge in [0, 0.05) is 11.4 Å². The molecule has 2 aromatic carbocycles. The van der Waals surface area contributed by atoms with E-state index >= 15 is 0 Å². The van der Waals surface area contributed by atoms with Gasteiger partial charge in [-0.25, -0.2) is 9.48 Å². The minimum absolute atomic E-state index is 0.273. The molecule has 8 nitrogen and oxygen atoms in total. The Morgan fingerprint density at radius 3 is 2.52 bits per heavy atom. The molecule has 1 fully saturated rings. The summed E-state index contributed by atoms with van der Waals surface area (Å²) in [4.78, 5) is 36.4. The largest absolute Gasteiger partial charge is 0.322 e. The number of aromatic nitrogens is 2. The molecule has 8 heteroatoms. The smallest absolute Gasteiger partial charge is 0.321 e. The highest BCUT2D eigenvalue weighted by Crippen LogP contribution is 2.26. The lowest BCUT2D eigenvalue weighted by Crippen LogP contribution is -2.40. The molecule has 1 unspecified atom stereocenters. The molecule has 0 aliphatic carbocycles. The molecule has 1 aliphatic rings. The van der Waals surface area contributed by atoms with Gasteiger partial charge in [-0.2, -0.15) is 5.10 Å². The zero-order chi connectivity index (χ0) is 20.6. The summed E-state index contributed by atoms with van der Waals surface area (Å²) >= 11 is 0. The predicted molar refractivity (Wildman–Crippen MR) is 107 cm³/mol. The molecular formula is C21H19N5O3.